The first-order chi connectivity index (χ1) is 17.4. The number of carbonyl (C=O) groups is 1. The summed E-state index contributed by atoms with van der Waals surface area (Å²) < 4.78 is 15.1. The fourth-order valence-corrected chi connectivity index (χ4v) is 6.91. The lowest BCUT2D eigenvalue weighted by Crippen LogP contribution is -2.54. The number of benzene rings is 1. The number of halogens is 2. The Hall–Kier alpha value is -2.51. The first-order valence-electron chi connectivity index (χ1n) is 13.2. The Kier molecular flexibility index (Phi) is 6.24. The van der Waals surface area contributed by atoms with Gasteiger partial charge in [-0.1, -0.05) is 24.9 Å². The molecular weight excluding hydrogens is 477 g/mol. The number of nitrogens with one attached hydrogen (secondary N) is 1. The average Bonchev–Trinajstić information content (AvgIpc) is 3.44. The van der Waals surface area contributed by atoms with Gasteiger partial charge in [-0.3, -0.25) is 14.4 Å². The summed E-state index contributed by atoms with van der Waals surface area (Å²) in [6.45, 7) is 3.32. The van der Waals surface area contributed by atoms with E-state index in [1.54, 1.807) is 10.9 Å². The van der Waals surface area contributed by atoms with Crippen molar-refractivity contribution in [3.8, 4) is 0 Å². The standard InChI is InChI=1S/C28H33ClFN5O/c1-3-22-26(19-12-32-34(2)13-19)27(22)28(36)33-25-10-17-8-23(24(29)9-18(17)11-31-25)16-4-6-21(7-5-16)35-14-20(30)15-35/h8-13,16,20-22,26-27H,3-7,14-15H2,1-2H3,(H,31,33,36)/t16?,21?,22-,26-,27-/m1/s1. The Labute approximate surface area is 216 Å². The first kappa shape index (κ1) is 23.9. The van der Waals surface area contributed by atoms with Gasteiger partial charge in [-0.2, -0.15) is 5.10 Å². The predicted molar refractivity (Wildman–Crippen MR) is 140 cm³/mol. The van der Waals surface area contributed by atoms with Gasteiger partial charge in [-0.05, 0) is 72.2 Å². The molecule has 36 heavy (non-hydrogen) atoms. The van der Waals surface area contributed by atoms with E-state index < -0.39 is 6.17 Å². The van der Waals surface area contributed by atoms with Crippen LogP contribution in [0.5, 0.6) is 0 Å². The largest absolute Gasteiger partial charge is 0.310 e. The number of anilines is 1. The fourth-order valence-electron chi connectivity index (χ4n) is 6.59. The summed E-state index contributed by atoms with van der Waals surface area (Å²) in [6.07, 6.45) is 10.3. The number of hydrogen-bond donors (Lipinski definition) is 1. The third-order valence-electron chi connectivity index (χ3n) is 8.66. The van der Waals surface area contributed by atoms with Crippen LogP contribution in [-0.4, -0.2) is 50.9 Å². The topological polar surface area (TPSA) is 63.1 Å². The molecule has 0 spiro atoms. The number of aromatic nitrogens is 3. The molecule has 3 fully saturated rings. The number of pyridine rings is 1. The van der Waals surface area contributed by atoms with E-state index in [1.807, 2.05) is 31.6 Å². The number of carbonyl (C=O) groups excluding carboxylic acids is 1. The number of nitrogens with zero attached hydrogens (tertiary/aromatic N) is 4. The Balaban J connectivity index is 1.16. The Morgan fingerprint density at radius 1 is 1.14 bits per heavy atom. The SMILES string of the molecule is CC[C@H]1[C@@H](C(=O)Nc2cc3cc(C4CCC(N5CC(F)C5)CC4)c(Cl)cc3cn2)[C@@H]1c1cnn(C)c1. The van der Waals surface area contributed by atoms with Crippen LogP contribution in [0.2, 0.25) is 5.02 Å². The molecule has 2 aliphatic carbocycles. The van der Waals surface area contributed by atoms with Crippen LogP contribution in [0.1, 0.15) is 62.0 Å². The highest BCUT2D eigenvalue weighted by atomic mass is 35.5. The number of amides is 1. The van der Waals surface area contributed by atoms with E-state index in [2.05, 4.69) is 33.3 Å². The van der Waals surface area contributed by atoms with Crippen LogP contribution in [0, 0.1) is 11.8 Å². The normalized spacial score (nSPS) is 28.7. The van der Waals surface area contributed by atoms with E-state index in [0.717, 1.165) is 53.5 Å². The first-order valence-corrected chi connectivity index (χ1v) is 13.6. The van der Waals surface area contributed by atoms with Crippen molar-refractivity contribution in [2.45, 2.75) is 63.1 Å². The molecule has 6 nitrogen and oxygen atoms in total. The Bertz CT molecular complexity index is 1280. The molecule has 2 aromatic heterocycles. The molecule has 0 radical (unpaired) electrons. The Morgan fingerprint density at radius 3 is 2.58 bits per heavy atom. The lowest BCUT2D eigenvalue weighted by Gasteiger charge is -2.43. The summed E-state index contributed by atoms with van der Waals surface area (Å²) in [4.78, 5) is 19.9. The minimum absolute atomic E-state index is 0.0246. The van der Waals surface area contributed by atoms with E-state index >= 15 is 0 Å². The van der Waals surface area contributed by atoms with Crippen LogP contribution < -0.4 is 5.32 Å². The summed E-state index contributed by atoms with van der Waals surface area (Å²) in [7, 11) is 1.90. The van der Waals surface area contributed by atoms with Crippen molar-refractivity contribution in [1.29, 1.82) is 0 Å². The second kappa shape index (κ2) is 9.42. The monoisotopic (exact) mass is 509 g/mol. The quantitative estimate of drug-likeness (QED) is 0.464. The molecule has 1 aliphatic heterocycles. The minimum Gasteiger partial charge on any atom is -0.310 e. The molecule has 0 bridgehead atoms. The number of likely N-dealkylation sites (tertiary alicyclic amines) is 1. The van der Waals surface area contributed by atoms with E-state index in [-0.39, 0.29) is 17.7 Å². The molecule has 3 aliphatic rings. The highest BCUT2D eigenvalue weighted by Crippen LogP contribution is 2.56. The van der Waals surface area contributed by atoms with E-state index in [4.69, 9.17) is 11.6 Å². The van der Waals surface area contributed by atoms with Gasteiger partial charge >= 0.3 is 0 Å². The zero-order valence-corrected chi connectivity index (χ0v) is 21.6. The third kappa shape index (κ3) is 4.41. The van der Waals surface area contributed by atoms with Crippen molar-refractivity contribution >= 4 is 34.1 Å². The summed E-state index contributed by atoms with van der Waals surface area (Å²) >= 11 is 6.71. The molecule has 3 heterocycles. The van der Waals surface area contributed by atoms with Gasteiger partial charge in [0.25, 0.3) is 0 Å². The number of fused-ring (bicyclic) bond motifs is 1. The maximum absolute atomic E-state index is 13.3. The second-order valence-electron chi connectivity index (χ2n) is 10.9. The van der Waals surface area contributed by atoms with Gasteiger partial charge in [0.15, 0.2) is 0 Å². The van der Waals surface area contributed by atoms with Crippen molar-refractivity contribution in [3.63, 3.8) is 0 Å². The van der Waals surface area contributed by atoms with Crippen LogP contribution in [0.25, 0.3) is 10.8 Å². The van der Waals surface area contributed by atoms with Crippen molar-refractivity contribution in [3.05, 3.63) is 52.9 Å². The van der Waals surface area contributed by atoms with Gasteiger partial charge in [-0.25, -0.2) is 9.37 Å². The molecule has 1 amide bonds. The molecule has 1 N–H and O–H groups in total. The smallest absolute Gasteiger partial charge is 0.229 e. The molecule has 1 saturated heterocycles. The highest BCUT2D eigenvalue weighted by molar-refractivity contribution is 6.32. The summed E-state index contributed by atoms with van der Waals surface area (Å²) in [5.41, 5.74) is 2.30. The summed E-state index contributed by atoms with van der Waals surface area (Å²) in [5.74, 6) is 1.51. The lowest BCUT2D eigenvalue weighted by atomic mass is 9.80. The predicted octanol–water partition coefficient (Wildman–Crippen LogP) is 5.68. The zero-order valence-electron chi connectivity index (χ0n) is 20.8. The maximum atomic E-state index is 13.3. The van der Waals surface area contributed by atoms with E-state index in [1.165, 1.54) is 5.56 Å². The van der Waals surface area contributed by atoms with Gasteiger partial charge in [-0.15, -0.1) is 0 Å². The molecule has 3 aromatic rings. The fraction of sp³-hybridized carbons (Fsp3) is 0.536. The number of rotatable bonds is 6. The minimum atomic E-state index is -0.644. The van der Waals surface area contributed by atoms with Crippen LogP contribution in [-0.2, 0) is 11.8 Å². The van der Waals surface area contributed by atoms with Crippen LogP contribution in [0.3, 0.4) is 0 Å². The molecular formula is C28H33ClFN5O. The molecule has 3 atom stereocenters. The molecule has 2 saturated carbocycles. The van der Waals surface area contributed by atoms with Gasteiger partial charge < -0.3 is 5.32 Å². The summed E-state index contributed by atoms with van der Waals surface area (Å²) in [5, 5.41) is 10.1. The number of hydrogen-bond acceptors (Lipinski definition) is 4. The number of aryl methyl sites for hydroxylation is 1. The van der Waals surface area contributed by atoms with Crippen molar-refractivity contribution in [2.24, 2.45) is 18.9 Å². The van der Waals surface area contributed by atoms with E-state index in [9.17, 15) is 9.18 Å². The van der Waals surface area contributed by atoms with Crippen LogP contribution >= 0.6 is 11.6 Å². The zero-order chi connectivity index (χ0) is 25.0. The van der Waals surface area contributed by atoms with Gasteiger partial charge in [0.05, 0.1) is 6.20 Å². The van der Waals surface area contributed by atoms with Gasteiger partial charge in [0.2, 0.25) is 5.91 Å². The second-order valence-corrected chi connectivity index (χ2v) is 11.3. The highest BCUT2D eigenvalue weighted by Gasteiger charge is 2.54. The van der Waals surface area contributed by atoms with Gasteiger partial charge in [0.1, 0.15) is 12.0 Å². The molecule has 190 valence electrons. The van der Waals surface area contributed by atoms with Crippen LogP contribution in [0.15, 0.2) is 36.8 Å². The van der Waals surface area contributed by atoms with Gasteiger partial charge in [0, 0.05) is 60.8 Å². The maximum Gasteiger partial charge on any atom is 0.229 e. The number of alkyl halides is 1. The third-order valence-corrected chi connectivity index (χ3v) is 8.99. The van der Waals surface area contributed by atoms with E-state index in [0.29, 0.717) is 36.8 Å². The van der Waals surface area contributed by atoms with Crippen molar-refractivity contribution in [2.75, 3.05) is 18.4 Å². The van der Waals surface area contributed by atoms with Crippen molar-refractivity contribution < 1.29 is 9.18 Å². The summed E-state index contributed by atoms with van der Waals surface area (Å²) in [6, 6.07) is 6.63. The van der Waals surface area contributed by atoms with Crippen molar-refractivity contribution in [1.82, 2.24) is 19.7 Å². The lowest BCUT2D eigenvalue weighted by molar-refractivity contribution is -0.117. The Morgan fingerprint density at radius 2 is 1.92 bits per heavy atom. The van der Waals surface area contributed by atoms with Crippen LogP contribution in [0.4, 0.5) is 10.2 Å². The molecule has 1 aromatic carbocycles. The molecule has 6 rings (SSSR count). The molecule has 8 heteroatoms. The molecule has 0 unspecified atom stereocenters. The average molecular weight is 510 g/mol.